The highest BCUT2D eigenvalue weighted by atomic mass is 32.1. The minimum atomic E-state index is 0.432. The van der Waals surface area contributed by atoms with Crippen LogP contribution in [-0.2, 0) is 13.0 Å². The summed E-state index contributed by atoms with van der Waals surface area (Å²) >= 11 is 7.07. The molecular weight excluding hydrogens is 286 g/mol. The molecule has 0 amide bonds. The number of anilines is 1. The Morgan fingerprint density at radius 1 is 1.45 bits per heavy atom. The van der Waals surface area contributed by atoms with Gasteiger partial charge in [0.05, 0.1) is 11.3 Å². The zero-order chi connectivity index (χ0) is 14.3. The van der Waals surface area contributed by atoms with Gasteiger partial charge in [-0.3, -0.25) is 4.98 Å². The Balaban J connectivity index is 2.05. The van der Waals surface area contributed by atoms with E-state index in [1.165, 1.54) is 10.4 Å². The van der Waals surface area contributed by atoms with E-state index < -0.39 is 0 Å². The number of hydrogen-bond acceptors (Lipinski definition) is 4. The normalized spacial score (nSPS) is 14.2. The monoisotopic (exact) mass is 303 g/mol. The van der Waals surface area contributed by atoms with Gasteiger partial charge in [-0.1, -0.05) is 12.2 Å². The zero-order valence-electron chi connectivity index (χ0n) is 11.6. The van der Waals surface area contributed by atoms with Gasteiger partial charge >= 0.3 is 0 Å². The minimum absolute atomic E-state index is 0.432. The molecule has 0 aromatic carbocycles. The molecule has 5 heteroatoms. The van der Waals surface area contributed by atoms with Crippen molar-refractivity contribution in [2.45, 2.75) is 26.8 Å². The topological polar surface area (TPSA) is 42.1 Å². The highest BCUT2D eigenvalue weighted by Gasteiger charge is 2.22. The third kappa shape index (κ3) is 2.31. The number of rotatable bonds is 2. The number of aromatic nitrogens is 1. The first-order valence-corrected chi connectivity index (χ1v) is 7.93. The first kappa shape index (κ1) is 13.5. The van der Waals surface area contributed by atoms with Gasteiger partial charge in [0.1, 0.15) is 4.99 Å². The molecule has 0 saturated heterocycles. The van der Waals surface area contributed by atoms with E-state index in [-0.39, 0.29) is 0 Å². The molecule has 0 spiro atoms. The van der Waals surface area contributed by atoms with Crippen LogP contribution in [0.15, 0.2) is 17.5 Å². The maximum absolute atomic E-state index is 5.91. The number of nitrogens with zero attached hydrogens (tertiary/aromatic N) is 2. The van der Waals surface area contributed by atoms with Crippen LogP contribution < -0.4 is 10.6 Å². The lowest BCUT2D eigenvalue weighted by Gasteiger charge is -2.31. The lowest BCUT2D eigenvalue weighted by Crippen LogP contribution is -2.32. The molecule has 0 atom stereocenters. The summed E-state index contributed by atoms with van der Waals surface area (Å²) in [4.78, 5) is 8.79. The molecule has 2 aromatic heterocycles. The molecule has 0 saturated carbocycles. The molecule has 3 nitrogen and oxygen atoms in total. The fourth-order valence-corrected chi connectivity index (χ4v) is 3.96. The molecule has 1 aliphatic heterocycles. The van der Waals surface area contributed by atoms with Crippen molar-refractivity contribution in [3.05, 3.63) is 44.9 Å². The highest BCUT2D eigenvalue weighted by Crippen LogP contribution is 2.31. The van der Waals surface area contributed by atoms with Crippen molar-refractivity contribution >= 4 is 34.2 Å². The van der Waals surface area contributed by atoms with Crippen LogP contribution in [0.4, 0.5) is 5.69 Å². The Labute approximate surface area is 128 Å². The second kappa shape index (κ2) is 5.14. The molecule has 2 N–H and O–H groups in total. The maximum Gasteiger partial charge on any atom is 0.107 e. The summed E-state index contributed by atoms with van der Waals surface area (Å²) in [5, 5.41) is 2.17. The Morgan fingerprint density at radius 2 is 2.25 bits per heavy atom. The van der Waals surface area contributed by atoms with Crippen molar-refractivity contribution in [2.75, 3.05) is 11.4 Å². The van der Waals surface area contributed by atoms with Crippen molar-refractivity contribution < 1.29 is 0 Å². The molecule has 1 aliphatic rings. The second-order valence-electron chi connectivity index (χ2n) is 5.15. The summed E-state index contributed by atoms with van der Waals surface area (Å²) in [5.74, 6) is 0. The third-order valence-corrected chi connectivity index (χ3v) is 4.93. The van der Waals surface area contributed by atoms with Gasteiger partial charge in [-0.05, 0) is 43.3 Å². The smallest absolute Gasteiger partial charge is 0.107 e. The number of thiophene rings is 1. The average Bonchev–Trinajstić information content (AvgIpc) is 2.84. The van der Waals surface area contributed by atoms with Crippen LogP contribution in [0.5, 0.6) is 0 Å². The van der Waals surface area contributed by atoms with Crippen LogP contribution in [0, 0.1) is 13.8 Å². The Morgan fingerprint density at radius 3 is 3.00 bits per heavy atom. The predicted octanol–water partition coefficient (Wildman–Crippen LogP) is 2.96. The molecule has 0 bridgehead atoms. The van der Waals surface area contributed by atoms with Crippen LogP contribution in [0.2, 0.25) is 0 Å². The Bertz CT molecular complexity index is 676. The summed E-state index contributed by atoms with van der Waals surface area (Å²) < 4.78 is 0. The van der Waals surface area contributed by atoms with Gasteiger partial charge in [0.2, 0.25) is 0 Å². The molecule has 3 heterocycles. The average molecular weight is 303 g/mol. The quantitative estimate of drug-likeness (QED) is 0.866. The van der Waals surface area contributed by atoms with Gasteiger partial charge in [0.25, 0.3) is 0 Å². The highest BCUT2D eigenvalue weighted by molar-refractivity contribution is 7.80. The van der Waals surface area contributed by atoms with Crippen molar-refractivity contribution in [2.24, 2.45) is 5.73 Å². The molecule has 104 valence electrons. The van der Waals surface area contributed by atoms with Gasteiger partial charge in [-0.15, -0.1) is 11.3 Å². The number of pyridine rings is 1. The molecular formula is C15H17N3S2. The van der Waals surface area contributed by atoms with E-state index in [9.17, 15) is 0 Å². The summed E-state index contributed by atoms with van der Waals surface area (Å²) in [6.45, 7) is 5.92. The fraction of sp³-hybridized carbons (Fsp3) is 0.333. The van der Waals surface area contributed by atoms with E-state index in [2.05, 4.69) is 27.4 Å². The van der Waals surface area contributed by atoms with Gasteiger partial charge < -0.3 is 10.6 Å². The predicted molar refractivity (Wildman–Crippen MR) is 88.7 cm³/mol. The lowest BCUT2D eigenvalue weighted by molar-refractivity contribution is 0.741. The van der Waals surface area contributed by atoms with Gasteiger partial charge in [0.15, 0.2) is 0 Å². The molecule has 0 radical (unpaired) electrons. The lowest BCUT2D eigenvalue weighted by atomic mass is 10.0. The molecule has 20 heavy (non-hydrogen) atoms. The fourth-order valence-electron chi connectivity index (χ4n) is 2.82. The largest absolute Gasteiger partial charge is 0.389 e. The van der Waals surface area contributed by atoms with Gasteiger partial charge in [0, 0.05) is 29.4 Å². The SMILES string of the molecule is Cc1cc(N2CCc3sccc3C2)c(C(N)=S)c(C)n1. The minimum Gasteiger partial charge on any atom is -0.389 e. The maximum atomic E-state index is 5.91. The zero-order valence-corrected chi connectivity index (χ0v) is 13.3. The summed E-state index contributed by atoms with van der Waals surface area (Å²) in [6, 6.07) is 4.31. The number of nitrogens with two attached hydrogens (primary N) is 1. The Kier molecular flexibility index (Phi) is 3.48. The molecule has 0 fully saturated rings. The molecule has 0 aliphatic carbocycles. The standard InChI is InChI=1S/C15H17N3S2/c1-9-7-12(14(15(16)19)10(2)17-9)18-5-3-13-11(8-18)4-6-20-13/h4,6-7H,3,5,8H2,1-2H3,(H2,16,19). The van der Waals surface area contributed by atoms with Crippen molar-refractivity contribution in [1.29, 1.82) is 0 Å². The first-order valence-electron chi connectivity index (χ1n) is 6.64. The number of fused-ring (bicyclic) bond motifs is 1. The van der Waals surface area contributed by atoms with E-state index in [1.807, 2.05) is 25.2 Å². The van der Waals surface area contributed by atoms with Crippen LogP contribution in [0.1, 0.15) is 27.4 Å². The van der Waals surface area contributed by atoms with E-state index in [0.29, 0.717) is 4.99 Å². The van der Waals surface area contributed by atoms with Gasteiger partial charge in [-0.2, -0.15) is 0 Å². The third-order valence-electron chi connectivity index (χ3n) is 3.70. The van der Waals surface area contributed by atoms with Crippen LogP contribution in [0.25, 0.3) is 0 Å². The van der Waals surface area contributed by atoms with Crippen LogP contribution in [0.3, 0.4) is 0 Å². The summed E-state index contributed by atoms with van der Waals surface area (Å²) in [6.07, 6.45) is 1.09. The second-order valence-corrected chi connectivity index (χ2v) is 6.59. The summed E-state index contributed by atoms with van der Waals surface area (Å²) in [5.41, 5.74) is 11.3. The van der Waals surface area contributed by atoms with Crippen molar-refractivity contribution in [1.82, 2.24) is 4.98 Å². The Hall–Kier alpha value is -1.46. The first-order chi connectivity index (χ1) is 9.56. The van der Waals surface area contributed by atoms with Crippen LogP contribution >= 0.6 is 23.6 Å². The number of hydrogen-bond donors (Lipinski definition) is 1. The molecule has 3 rings (SSSR count). The van der Waals surface area contributed by atoms with Crippen molar-refractivity contribution in [3.63, 3.8) is 0 Å². The van der Waals surface area contributed by atoms with E-state index >= 15 is 0 Å². The van der Waals surface area contributed by atoms with Gasteiger partial charge in [-0.25, -0.2) is 0 Å². The van der Waals surface area contributed by atoms with E-state index in [0.717, 1.165) is 42.1 Å². The van der Waals surface area contributed by atoms with Crippen LogP contribution in [-0.4, -0.2) is 16.5 Å². The summed E-state index contributed by atoms with van der Waals surface area (Å²) in [7, 11) is 0. The van der Waals surface area contributed by atoms with E-state index in [4.69, 9.17) is 18.0 Å². The van der Waals surface area contributed by atoms with Crippen molar-refractivity contribution in [3.8, 4) is 0 Å². The molecule has 2 aromatic rings. The molecule has 0 unspecified atom stereocenters. The number of thiocarbonyl (C=S) groups is 1. The van der Waals surface area contributed by atoms with E-state index in [1.54, 1.807) is 0 Å². The number of aryl methyl sites for hydroxylation is 2.